The van der Waals surface area contributed by atoms with Crippen LogP contribution in [0.15, 0.2) is 63.1 Å². The van der Waals surface area contributed by atoms with Crippen molar-refractivity contribution in [3.63, 3.8) is 0 Å². The van der Waals surface area contributed by atoms with Crippen molar-refractivity contribution >= 4 is 33.4 Å². The van der Waals surface area contributed by atoms with Gasteiger partial charge in [-0.25, -0.2) is 10.1 Å². The highest BCUT2D eigenvalue weighted by atomic mass is 16.6. The molecule has 0 atom stereocenters. The third kappa shape index (κ3) is 3.05. The van der Waals surface area contributed by atoms with Gasteiger partial charge in [0.25, 0.3) is 5.91 Å². The summed E-state index contributed by atoms with van der Waals surface area (Å²) in [6.45, 7) is 3.45. The van der Waals surface area contributed by atoms with Crippen LogP contribution in [0.5, 0.6) is 0 Å². The molecule has 0 spiro atoms. The Hall–Kier alpha value is -3.81. The molecule has 0 unspecified atom stereocenters. The van der Waals surface area contributed by atoms with Gasteiger partial charge in [0.2, 0.25) is 0 Å². The molecule has 0 saturated carbocycles. The minimum absolute atomic E-state index is 0.00807. The molecular formula is C20H17N5O3. The number of aromatic nitrogens is 3. The van der Waals surface area contributed by atoms with Gasteiger partial charge in [0.05, 0.1) is 16.7 Å². The molecule has 2 aromatic heterocycles. The van der Waals surface area contributed by atoms with Gasteiger partial charge in [-0.15, -0.1) is 0 Å². The quantitative estimate of drug-likeness (QED) is 0.335. The summed E-state index contributed by atoms with van der Waals surface area (Å²) < 4.78 is 6.46. The fourth-order valence-corrected chi connectivity index (χ4v) is 3.18. The number of hydrogen-bond acceptors (Lipinski definition) is 6. The molecule has 0 radical (unpaired) electrons. The predicted molar refractivity (Wildman–Crippen MR) is 105 cm³/mol. The average molecular weight is 375 g/mol. The van der Waals surface area contributed by atoms with Crippen molar-refractivity contribution in [2.45, 2.75) is 20.4 Å². The Kier molecular flexibility index (Phi) is 4.44. The number of aryl methyl sites for hydroxylation is 1. The number of benzene rings is 2. The second kappa shape index (κ2) is 7.07. The Morgan fingerprint density at radius 1 is 1.07 bits per heavy atom. The molecule has 1 N–H and O–H groups in total. The second-order valence-electron chi connectivity index (χ2n) is 6.38. The van der Waals surface area contributed by atoms with Crippen LogP contribution in [0.2, 0.25) is 0 Å². The number of carbonyl (C=O) groups excluding carboxylic acids is 1. The van der Waals surface area contributed by atoms with E-state index in [-0.39, 0.29) is 17.9 Å². The number of nitrogens with one attached hydrogen (secondary N) is 1. The summed E-state index contributed by atoms with van der Waals surface area (Å²) in [6.07, 6.45) is 0. The first-order valence-electron chi connectivity index (χ1n) is 8.69. The van der Waals surface area contributed by atoms with Gasteiger partial charge in [0.1, 0.15) is 12.2 Å². The maximum atomic E-state index is 12.7. The number of hydrazone groups is 1. The SMILES string of the molecule is C/C(=N\NC(=O)Cn1c2ccccc2c(=O)c2ccccc21)c1nonc1C. The van der Waals surface area contributed by atoms with Crippen molar-refractivity contribution in [2.24, 2.45) is 5.10 Å². The summed E-state index contributed by atoms with van der Waals surface area (Å²) in [4.78, 5) is 25.3. The van der Waals surface area contributed by atoms with Crippen LogP contribution in [0.1, 0.15) is 18.3 Å². The Morgan fingerprint density at radius 2 is 1.68 bits per heavy atom. The predicted octanol–water partition coefficient (Wildman–Crippen LogP) is 2.39. The van der Waals surface area contributed by atoms with Gasteiger partial charge in [0.15, 0.2) is 11.1 Å². The maximum Gasteiger partial charge on any atom is 0.260 e. The molecule has 8 nitrogen and oxygen atoms in total. The van der Waals surface area contributed by atoms with Gasteiger partial charge in [-0.2, -0.15) is 5.10 Å². The summed E-state index contributed by atoms with van der Waals surface area (Å²) in [6, 6.07) is 14.5. The van der Waals surface area contributed by atoms with Crippen LogP contribution in [-0.4, -0.2) is 26.5 Å². The summed E-state index contributed by atoms with van der Waals surface area (Å²) in [7, 11) is 0. The maximum absolute atomic E-state index is 12.7. The number of hydrogen-bond donors (Lipinski definition) is 1. The van der Waals surface area contributed by atoms with Crippen LogP contribution in [0, 0.1) is 6.92 Å². The van der Waals surface area contributed by atoms with E-state index in [2.05, 4.69) is 25.5 Å². The van der Waals surface area contributed by atoms with Crippen molar-refractivity contribution in [2.75, 3.05) is 0 Å². The van der Waals surface area contributed by atoms with Crippen molar-refractivity contribution in [1.29, 1.82) is 0 Å². The lowest BCUT2D eigenvalue weighted by molar-refractivity contribution is -0.121. The fourth-order valence-electron chi connectivity index (χ4n) is 3.18. The van der Waals surface area contributed by atoms with Crippen LogP contribution < -0.4 is 10.9 Å². The third-order valence-electron chi connectivity index (χ3n) is 4.52. The first kappa shape index (κ1) is 17.6. The second-order valence-corrected chi connectivity index (χ2v) is 6.38. The van der Waals surface area contributed by atoms with E-state index >= 15 is 0 Å². The minimum Gasteiger partial charge on any atom is -0.331 e. The molecule has 1 amide bonds. The van der Waals surface area contributed by atoms with E-state index in [4.69, 9.17) is 0 Å². The Labute approximate surface area is 159 Å². The zero-order chi connectivity index (χ0) is 19.7. The Bertz CT molecular complexity index is 1230. The van der Waals surface area contributed by atoms with Crippen molar-refractivity contribution in [1.82, 2.24) is 20.3 Å². The molecular weight excluding hydrogens is 358 g/mol. The van der Waals surface area contributed by atoms with Crippen LogP contribution in [0.4, 0.5) is 0 Å². The first-order chi connectivity index (χ1) is 13.6. The van der Waals surface area contributed by atoms with E-state index in [1.807, 2.05) is 41.0 Å². The third-order valence-corrected chi connectivity index (χ3v) is 4.52. The Morgan fingerprint density at radius 3 is 2.25 bits per heavy atom. The molecule has 140 valence electrons. The van der Waals surface area contributed by atoms with E-state index in [9.17, 15) is 9.59 Å². The molecule has 8 heteroatoms. The van der Waals surface area contributed by atoms with Crippen molar-refractivity contribution in [3.05, 3.63) is 70.1 Å². The number of pyridine rings is 1. The highest BCUT2D eigenvalue weighted by Crippen LogP contribution is 2.18. The van der Waals surface area contributed by atoms with Crippen molar-refractivity contribution < 1.29 is 9.42 Å². The highest BCUT2D eigenvalue weighted by Gasteiger charge is 2.13. The molecule has 0 aliphatic rings. The monoisotopic (exact) mass is 375 g/mol. The minimum atomic E-state index is -0.326. The number of fused-ring (bicyclic) bond motifs is 2. The number of rotatable bonds is 4. The van der Waals surface area contributed by atoms with Gasteiger partial charge in [-0.3, -0.25) is 9.59 Å². The van der Waals surface area contributed by atoms with E-state index in [0.717, 1.165) is 0 Å². The summed E-state index contributed by atoms with van der Waals surface area (Å²) in [5.41, 5.74) is 5.43. The fraction of sp³-hybridized carbons (Fsp3) is 0.150. The molecule has 0 aliphatic carbocycles. The van der Waals surface area contributed by atoms with Crippen LogP contribution in [0.3, 0.4) is 0 Å². The zero-order valence-corrected chi connectivity index (χ0v) is 15.3. The lowest BCUT2D eigenvalue weighted by atomic mass is 10.1. The summed E-state index contributed by atoms with van der Waals surface area (Å²) >= 11 is 0. The standard InChI is InChI=1S/C20H17N5O3/c1-12(19-13(2)23-28-24-19)21-22-18(26)11-25-16-9-5-3-7-14(16)20(27)15-8-4-6-10-17(15)25/h3-10H,11H2,1-2H3,(H,22,26)/b21-12+. The van der Waals surface area contributed by atoms with Gasteiger partial charge in [-0.1, -0.05) is 29.4 Å². The van der Waals surface area contributed by atoms with E-state index in [0.29, 0.717) is 38.9 Å². The molecule has 4 aromatic rings. The molecule has 0 fully saturated rings. The molecule has 2 heterocycles. The highest BCUT2D eigenvalue weighted by molar-refractivity contribution is 5.98. The molecule has 0 aliphatic heterocycles. The normalized spacial score (nSPS) is 11.9. The number of amides is 1. The molecule has 4 rings (SSSR count). The van der Waals surface area contributed by atoms with E-state index in [1.54, 1.807) is 26.0 Å². The zero-order valence-electron chi connectivity index (χ0n) is 15.3. The summed E-state index contributed by atoms with van der Waals surface area (Å²) in [5.74, 6) is -0.326. The lowest BCUT2D eigenvalue weighted by Crippen LogP contribution is -2.26. The Balaban J connectivity index is 1.71. The van der Waals surface area contributed by atoms with Gasteiger partial charge < -0.3 is 4.57 Å². The lowest BCUT2D eigenvalue weighted by Gasteiger charge is -2.14. The number of nitrogens with zero attached hydrogens (tertiary/aromatic N) is 4. The van der Waals surface area contributed by atoms with Gasteiger partial charge in [-0.05, 0) is 43.3 Å². The average Bonchev–Trinajstić information content (AvgIpc) is 3.15. The largest absolute Gasteiger partial charge is 0.331 e. The number of carbonyl (C=O) groups is 1. The van der Waals surface area contributed by atoms with Crippen molar-refractivity contribution in [3.8, 4) is 0 Å². The molecule has 2 aromatic carbocycles. The summed E-state index contributed by atoms with van der Waals surface area (Å²) in [5, 5.41) is 12.7. The van der Waals surface area contributed by atoms with Gasteiger partial charge >= 0.3 is 0 Å². The topological polar surface area (TPSA) is 102 Å². The smallest absolute Gasteiger partial charge is 0.260 e. The van der Waals surface area contributed by atoms with Crippen LogP contribution in [-0.2, 0) is 11.3 Å². The van der Waals surface area contributed by atoms with E-state index < -0.39 is 0 Å². The van der Waals surface area contributed by atoms with Crippen LogP contribution in [0.25, 0.3) is 21.8 Å². The first-order valence-corrected chi connectivity index (χ1v) is 8.69. The molecule has 0 bridgehead atoms. The number of para-hydroxylation sites is 2. The van der Waals surface area contributed by atoms with E-state index in [1.165, 1.54) is 0 Å². The van der Waals surface area contributed by atoms with Crippen LogP contribution >= 0.6 is 0 Å². The van der Waals surface area contributed by atoms with Gasteiger partial charge in [0, 0.05) is 10.8 Å². The molecule has 0 saturated heterocycles. The molecule has 28 heavy (non-hydrogen) atoms.